The third-order valence-electron chi connectivity index (χ3n) is 4.83. The third kappa shape index (κ3) is 3.05. The van der Waals surface area contributed by atoms with E-state index in [1.54, 1.807) is 6.20 Å². The quantitative estimate of drug-likeness (QED) is 0.645. The first kappa shape index (κ1) is 15.6. The summed E-state index contributed by atoms with van der Waals surface area (Å²) in [5.41, 5.74) is 2.32. The molecule has 3 aromatic rings. The van der Waals surface area contributed by atoms with Crippen molar-refractivity contribution in [2.75, 3.05) is 4.90 Å². The Kier molecular flexibility index (Phi) is 4.52. The second-order valence-corrected chi connectivity index (χ2v) is 7.15. The maximum Gasteiger partial charge on any atom is 0.234 e. The number of rotatable bonds is 4. The van der Waals surface area contributed by atoms with E-state index in [2.05, 4.69) is 56.1 Å². The standard InChI is InChI=1S/C19H21BrN4/c20-18-17(22-19-21-12-7-13-23(18)19)14-24(15-8-3-1-4-9-15)16-10-5-2-6-11-16/h1,3-4,7-9,12-13,16H,2,5-6,10-11,14H2. The average molecular weight is 385 g/mol. The normalized spacial score (nSPS) is 15.7. The summed E-state index contributed by atoms with van der Waals surface area (Å²) < 4.78 is 3.00. The minimum absolute atomic E-state index is 0.589. The first-order valence-electron chi connectivity index (χ1n) is 8.62. The number of para-hydroxylation sites is 1. The van der Waals surface area contributed by atoms with Crippen LogP contribution in [0.4, 0.5) is 5.69 Å². The van der Waals surface area contributed by atoms with Gasteiger partial charge >= 0.3 is 0 Å². The molecule has 0 saturated heterocycles. The summed E-state index contributed by atoms with van der Waals surface area (Å²) in [7, 11) is 0. The molecule has 24 heavy (non-hydrogen) atoms. The van der Waals surface area contributed by atoms with E-state index in [1.807, 2.05) is 16.7 Å². The molecule has 0 unspecified atom stereocenters. The van der Waals surface area contributed by atoms with Gasteiger partial charge in [0.2, 0.25) is 5.78 Å². The lowest BCUT2D eigenvalue weighted by Gasteiger charge is -2.36. The number of benzene rings is 1. The lowest BCUT2D eigenvalue weighted by atomic mass is 9.93. The van der Waals surface area contributed by atoms with Gasteiger partial charge in [0.15, 0.2) is 0 Å². The molecule has 0 radical (unpaired) electrons. The van der Waals surface area contributed by atoms with Gasteiger partial charge in [-0.1, -0.05) is 37.5 Å². The van der Waals surface area contributed by atoms with Crippen LogP contribution in [0.3, 0.4) is 0 Å². The van der Waals surface area contributed by atoms with E-state index in [-0.39, 0.29) is 0 Å². The second-order valence-electron chi connectivity index (χ2n) is 6.39. The van der Waals surface area contributed by atoms with Crippen LogP contribution in [0.2, 0.25) is 0 Å². The summed E-state index contributed by atoms with van der Waals surface area (Å²) in [5, 5.41) is 0. The Hall–Kier alpha value is -1.88. The Bertz CT molecular complexity index is 809. The van der Waals surface area contributed by atoms with Gasteiger partial charge in [-0.15, -0.1) is 0 Å². The molecule has 1 fully saturated rings. The van der Waals surface area contributed by atoms with Gasteiger partial charge in [-0.3, -0.25) is 4.40 Å². The van der Waals surface area contributed by atoms with Gasteiger partial charge in [0.1, 0.15) is 4.60 Å². The maximum atomic E-state index is 4.74. The molecule has 0 aliphatic heterocycles. The minimum Gasteiger partial charge on any atom is -0.363 e. The fraction of sp³-hybridized carbons (Fsp3) is 0.368. The van der Waals surface area contributed by atoms with Crippen molar-refractivity contribution in [2.24, 2.45) is 0 Å². The SMILES string of the molecule is Brc1c(CN(c2ccccc2)C2CCCCC2)nc2ncccn12. The Morgan fingerprint density at radius 2 is 1.88 bits per heavy atom. The molecule has 1 aliphatic carbocycles. The van der Waals surface area contributed by atoms with Gasteiger partial charge in [0.25, 0.3) is 0 Å². The number of imidazole rings is 1. The van der Waals surface area contributed by atoms with Gasteiger partial charge in [-0.05, 0) is 47.0 Å². The van der Waals surface area contributed by atoms with Gasteiger partial charge in [0, 0.05) is 24.1 Å². The van der Waals surface area contributed by atoms with Crippen LogP contribution in [0.5, 0.6) is 0 Å². The van der Waals surface area contributed by atoms with Crippen LogP contribution in [-0.4, -0.2) is 20.4 Å². The fourth-order valence-electron chi connectivity index (χ4n) is 3.61. The Balaban J connectivity index is 1.69. The predicted molar refractivity (Wildman–Crippen MR) is 100 cm³/mol. The number of fused-ring (bicyclic) bond motifs is 1. The molecular weight excluding hydrogens is 364 g/mol. The van der Waals surface area contributed by atoms with Crippen molar-refractivity contribution < 1.29 is 0 Å². The molecular formula is C19H21BrN4. The Labute approximate surface area is 150 Å². The molecule has 0 bridgehead atoms. The zero-order valence-corrected chi connectivity index (χ0v) is 15.2. The molecule has 0 spiro atoms. The van der Waals surface area contributed by atoms with Gasteiger partial charge in [-0.2, -0.15) is 0 Å². The summed E-state index contributed by atoms with van der Waals surface area (Å²) in [6, 6.07) is 13.2. The molecule has 1 aliphatic rings. The number of aromatic nitrogens is 3. The number of hydrogen-bond donors (Lipinski definition) is 0. The summed E-state index contributed by atoms with van der Waals surface area (Å²) >= 11 is 3.71. The highest BCUT2D eigenvalue weighted by Gasteiger charge is 2.23. The van der Waals surface area contributed by atoms with E-state index >= 15 is 0 Å². The second kappa shape index (κ2) is 6.93. The lowest BCUT2D eigenvalue weighted by molar-refractivity contribution is 0.412. The molecule has 0 amide bonds. The van der Waals surface area contributed by atoms with Crippen molar-refractivity contribution in [2.45, 2.75) is 44.7 Å². The zero-order chi connectivity index (χ0) is 16.4. The topological polar surface area (TPSA) is 33.4 Å². The monoisotopic (exact) mass is 384 g/mol. The maximum absolute atomic E-state index is 4.74. The molecule has 2 aromatic heterocycles. The molecule has 1 aromatic carbocycles. The highest BCUT2D eigenvalue weighted by molar-refractivity contribution is 9.10. The zero-order valence-electron chi connectivity index (χ0n) is 13.6. The summed E-state index contributed by atoms with van der Waals surface area (Å²) in [6.45, 7) is 0.804. The van der Waals surface area contributed by atoms with Gasteiger partial charge < -0.3 is 4.90 Å². The summed E-state index contributed by atoms with van der Waals surface area (Å²) in [5.74, 6) is 0.746. The minimum atomic E-state index is 0.589. The van der Waals surface area contributed by atoms with Crippen LogP contribution in [0, 0.1) is 0 Å². The van der Waals surface area contributed by atoms with Crippen molar-refractivity contribution in [3.8, 4) is 0 Å². The molecule has 2 heterocycles. The van der Waals surface area contributed by atoms with Crippen LogP contribution in [-0.2, 0) is 6.54 Å². The van der Waals surface area contributed by atoms with E-state index in [1.165, 1.54) is 37.8 Å². The summed E-state index contributed by atoms with van der Waals surface area (Å²) in [6.07, 6.45) is 10.3. The Morgan fingerprint density at radius 3 is 2.62 bits per heavy atom. The van der Waals surface area contributed by atoms with E-state index in [4.69, 9.17) is 4.98 Å². The van der Waals surface area contributed by atoms with Crippen LogP contribution in [0.1, 0.15) is 37.8 Å². The molecule has 124 valence electrons. The highest BCUT2D eigenvalue weighted by atomic mass is 79.9. The molecule has 1 saturated carbocycles. The number of anilines is 1. The van der Waals surface area contributed by atoms with E-state index in [9.17, 15) is 0 Å². The third-order valence-corrected chi connectivity index (χ3v) is 5.67. The molecule has 4 nitrogen and oxygen atoms in total. The van der Waals surface area contributed by atoms with Crippen molar-refractivity contribution >= 4 is 27.4 Å². The van der Waals surface area contributed by atoms with Crippen molar-refractivity contribution in [1.29, 1.82) is 0 Å². The van der Waals surface area contributed by atoms with Gasteiger partial charge in [0.05, 0.1) is 12.2 Å². The summed E-state index contributed by atoms with van der Waals surface area (Å²) in [4.78, 5) is 11.6. The number of hydrogen-bond acceptors (Lipinski definition) is 3. The smallest absolute Gasteiger partial charge is 0.234 e. The fourth-order valence-corrected chi connectivity index (χ4v) is 4.10. The van der Waals surface area contributed by atoms with Crippen LogP contribution >= 0.6 is 15.9 Å². The lowest BCUT2D eigenvalue weighted by Crippen LogP contribution is -2.36. The van der Waals surface area contributed by atoms with Crippen LogP contribution in [0.25, 0.3) is 5.78 Å². The number of nitrogens with zero attached hydrogens (tertiary/aromatic N) is 4. The molecule has 4 rings (SSSR count). The van der Waals surface area contributed by atoms with Crippen molar-refractivity contribution in [3.05, 3.63) is 59.1 Å². The highest BCUT2D eigenvalue weighted by Crippen LogP contribution is 2.30. The van der Waals surface area contributed by atoms with Crippen molar-refractivity contribution in [3.63, 3.8) is 0 Å². The predicted octanol–water partition coefficient (Wildman–Crippen LogP) is 4.83. The van der Waals surface area contributed by atoms with E-state index in [0.29, 0.717) is 6.04 Å². The molecule has 5 heteroatoms. The van der Waals surface area contributed by atoms with E-state index in [0.717, 1.165) is 22.6 Å². The van der Waals surface area contributed by atoms with Crippen LogP contribution in [0.15, 0.2) is 53.4 Å². The van der Waals surface area contributed by atoms with Gasteiger partial charge in [-0.25, -0.2) is 9.97 Å². The van der Waals surface area contributed by atoms with Crippen LogP contribution < -0.4 is 4.90 Å². The largest absolute Gasteiger partial charge is 0.363 e. The van der Waals surface area contributed by atoms with E-state index < -0.39 is 0 Å². The first-order chi connectivity index (χ1) is 11.8. The molecule has 0 atom stereocenters. The number of halogens is 1. The van der Waals surface area contributed by atoms with Crippen molar-refractivity contribution in [1.82, 2.24) is 14.4 Å². The average Bonchev–Trinajstić information content (AvgIpc) is 2.97. The Morgan fingerprint density at radius 1 is 1.08 bits per heavy atom. The first-order valence-corrected chi connectivity index (χ1v) is 9.41. The molecule has 0 N–H and O–H groups in total.